The highest BCUT2D eigenvalue weighted by molar-refractivity contribution is 7.91. The number of H-pyrrole nitrogens is 1. The van der Waals surface area contributed by atoms with Gasteiger partial charge in [0.25, 0.3) is 0 Å². The lowest BCUT2D eigenvalue weighted by Gasteiger charge is -2.17. The molecule has 6 nitrogen and oxygen atoms in total. The number of imidazole rings is 1. The van der Waals surface area contributed by atoms with Gasteiger partial charge in [-0.25, -0.2) is 13.4 Å². The Labute approximate surface area is 116 Å². The first kappa shape index (κ1) is 12.0. The highest BCUT2D eigenvalue weighted by Gasteiger charge is 2.31. The van der Waals surface area contributed by atoms with E-state index < -0.39 is 9.84 Å². The van der Waals surface area contributed by atoms with E-state index in [-0.39, 0.29) is 17.4 Å². The minimum atomic E-state index is -2.91. The predicted molar refractivity (Wildman–Crippen MR) is 73.1 cm³/mol. The summed E-state index contributed by atoms with van der Waals surface area (Å²) in [7, 11) is -2.91. The van der Waals surface area contributed by atoms with E-state index in [1.807, 2.05) is 12.1 Å². The topological polar surface area (TPSA) is 81.3 Å². The average Bonchev–Trinajstić information content (AvgIpc) is 2.98. The Morgan fingerprint density at radius 1 is 1.20 bits per heavy atom. The Hall–Kier alpha value is -1.76. The van der Waals surface area contributed by atoms with Gasteiger partial charge in [0, 0.05) is 18.1 Å². The number of nitrogens with one attached hydrogen (secondary N) is 1. The smallest absolute Gasteiger partial charge is 0.163 e. The van der Waals surface area contributed by atoms with E-state index in [1.54, 1.807) is 0 Å². The minimum absolute atomic E-state index is 0.0359. The molecule has 4 rings (SSSR count). The molecule has 106 valence electrons. The van der Waals surface area contributed by atoms with Gasteiger partial charge in [0.2, 0.25) is 0 Å². The summed E-state index contributed by atoms with van der Waals surface area (Å²) in [4.78, 5) is 7.73. The van der Waals surface area contributed by atoms with E-state index in [4.69, 9.17) is 9.47 Å². The number of aromatic amines is 1. The number of rotatable bonds is 1. The van der Waals surface area contributed by atoms with Crippen LogP contribution in [0.2, 0.25) is 0 Å². The molecule has 1 saturated heterocycles. The SMILES string of the molecule is O=S1(=O)CCC(c2nc3cc4c(cc3[nH]2)OCCO4)C1. The van der Waals surface area contributed by atoms with E-state index in [9.17, 15) is 8.42 Å². The molecule has 0 aliphatic carbocycles. The normalized spacial score (nSPS) is 24.1. The monoisotopic (exact) mass is 294 g/mol. The van der Waals surface area contributed by atoms with E-state index in [1.165, 1.54) is 0 Å². The highest BCUT2D eigenvalue weighted by Crippen LogP contribution is 2.35. The molecule has 3 heterocycles. The minimum Gasteiger partial charge on any atom is -0.486 e. The summed E-state index contributed by atoms with van der Waals surface area (Å²) in [5.41, 5.74) is 1.64. The highest BCUT2D eigenvalue weighted by atomic mass is 32.2. The first-order chi connectivity index (χ1) is 9.61. The summed E-state index contributed by atoms with van der Waals surface area (Å²) in [6, 6.07) is 3.71. The maximum absolute atomic E-state index is 11.6. The van der Waals surface area contributed by atoms with Crippen LogP contribution in [0.4, 0.5) is 0 Å². The molecular weight excluding hydrogens is 280 g/mol. The Kier molecular flexibility index (Phi) is 2.47. The standard InChI is InChI=1S/C13H14N2O4S/c16-20(17)4-1-8(7-20)13-14-9-5-11-12(6-10(9)15-13)19-3-2-18-11/h5-6,8H,1-4,7H2,(H,14,15). The third kappa shape index (κ3) is 1.93. The average molecular weight is 294 g/mol. The van der Waals surface area contributed by atoms with Gasteiger partial charge in [-0.05, 0) is 6.42 Å². The molecule has 1 aromatic heterocycles. The summed E-state index contributed by atoms with van der Waals surface area (Å²) in [5.74, 6) is 2.53. The van der Waals surface area contributed by atoms with E-state index in [2.05, 4.69) is 9.97 Å². The molecule has 1 unspecified atom stereocenters. The van der Waals surface area contributed by atoms with Gasteiger partial charge in [0.1, 0.15) is 19.0 Å². The van der Waals surface area contributed by atoms with Crippen molar-refractivity contribution in [1.82, 2.24) is 9.97 Å². The lowest BCUT2D eigenvalue weighted by molar-refractivity contribution is 0.172. The number of hydrogen-bond acceptors (Lipinski definition) is 5. The Morgan fingerprint density at radius 3 is 2.65 bits per heavy atom. The second-order valence-electron chi connectivity index (χ2n) is 5.24. The molecule has 2 aliphatic heterocycles. The van der Waals surface area contributed by atoms with Crippen LogP contribution in [0.5, 0.6) is 11.5 Å². The molecule has 0 spiro atoms. The molecule has 0 saturated carbocycles. The first-order valence-corrected chi connectivity index (χ1v) is 8.42. The van der Waals surface area contributed by atoms with Gasteiger partial charge < -0.3 is 14.5 Å². The van der Waals surface area contributed by atoms with Crippen molar-refractivity contribution in [3.63, 3.8) is 0 Å². The van der Waals surface area contributed by atoms with Crippen molar-refractivity contribution in [2.24, 2.45) is 0 Å². The molecule has 2 aliphatic rings. The third-order valence-corrected chi connectivity index (χ3v) is 5.55. The summed E-state index contributed by atoms with van der Waals surface area (Å²) >= 11 is 0. The first-order valence-electron chi connectivity index (χ1n) is 6.60. The van der Waals surface area contributed by atoms with Crippen LogP contribution < -0.4 is 9.47 Å². The molecular formula is C13H14N2O4S. The van der Waals surface area contributed by atoms with Crippen molar-refractivity contribution in [3.8, 4) is 11.5 Å². The van der Waals surface area contributed by atoms with Crippen LogP contribution in [-0.4, -0.2) is 43.1 Å². The van der Waals surface area contributed by atoms with Gasteiger partial charge in [-0.3, -0.25) is 0 Å². The summed E-state index contributed by atoms with van der Waals surface area (Å²) in [6.45, 7) is 1.08. The van der Waals surface area contributed by atoms with Gasteiger partial charge in [0.15, 0.2) is 21.3 Å². The zero-order valence-corrected chi connectivity index (χ0v) is 11.6. The zero-order valence-electron chi connectivity index (χ0n) is 10.8. The van der Waals surface area contributed by atoms with E-state index >= 15 is 0 Å². The molecule has 0 radical (unpaired) electrons. The van der Waals surface area contributed by atoms with Crippen molar-refractivity contribution < 1.29 is 17.9 Å². The second kappa shape index (κ2) is 4.12. The molecule has 0 amide bonds. The number of aromatic nitrogens is 2. The molecule has 1 atom stereocenters. The number of sulfone groups is 1. The quantitative estimate of drug-likeness (QED) is 0.855. The van der Waals surface area contributed by atoms with Gasteiger partial charge in [-0.2, -0.15) is 0 Å². The van der Waals surface area contributed by atoms with Crippen molar-refractivity contribution in [1.29, 1.82) is 0 Å². The van der Waals surface area contributed by atoms with E-state index in [0.717, 1.165) is 16.9 Å². The van der Waals surface area contributed by atoms with Crippen molar-refractivity contribution in [2.75, 3.05) is 24.7 Å². The summed E-state index contributed by atoms with van der Waals surface area (Å²) in [5, 5.41) is 0. The van der Waals surface area contributed by atoms with Crippen molar-refractivity contribution >= 4 is 20.9 Å². The second-order valence-corrected chi connectivity index (χ2v) is 7.46. The molecule has 20 heavy (non-hydrogen) atoms. The maximum Gasteiger partial charge on any atom is 0.163 e. The number of fused-ring (bicyclic) bond motifs is 2. The molecule has 7 heteroatoms. The van der Waals surface area contributed by atoms with Crippen molar-refractivity contribution in [2.45, 2.75) is 12.3 Å². The predicted octanol–water partition coefficient (Wildman–Crippen LogP) is 1.24. The molecule has 1 aromatic carbocycles. The van der Waals surface area contributed by atoms with Crippen LogP contribution >= 0.6 is 0 Å². The zero-order chi connectivity index (χ0) is 13.7. The van der Waals surface area contributed by atoms with Gasteiger partial charge in [-0.15, -0.1) is 0 Å². The number of nitrogens with zero attached hydrogens (tertiary/aromatic N) is 1. The summed E-state index contributed by atoms with van der Waals surface area (Å²) < 4.78 is 34.2. The number of hydrogen-bond donors (Lipinski definition) is 1. The summed E-state index contributed by atoms with van der Waals surface area (Å²) in [6.07, 6.45) is 0.634. The largest absolute Gasteiger partial charge is 0.486 e. The van der Waals surface area contributed by atoms with Crippen molar-refractivity contribution in [3.05, 3.63) is 18.0 Å². The fraction of sp³-hybridized carbons (Fsp3) is 0.462. The molecule has 1 fully saturated rings. The van der Waals surface area contributed by atoms with Gasteiger partial charge in [0.05, 0.1) is 22.5 Å². The van der Waals surface area contributed by atoms with Crippen LogP contribution in [0.3, 0.4) is 0 Å². The lowest BCUT2D eigenvalue weighted by Crippen LogP contribution is -2.15. The molecule has 1 N–H and O–H groups in total. The van der Waals surface area contributed by atoms with Crippen LogP contribution in [0.1, 0.15) is 18.2 Å². The fourth-order valence-corrected chi connectivity index (χ4v) is 4.52. The molecule has 2 aromatic rings. The van der Waals surface area contributed by atoms with Crippen LogP contribution in [0, 0.1) is 0 Å². The Balaban J connectivity index is 1.75. The Morgan fingerprint density at radius 2 is 1.95 bits per heavy atom. The number of ether oxygens (including phenoxy) is 2. The Bertz CT molecular complexity index is 738. The fourth-order valence-electron chi connectivity index (χ4n) is 2.77. The van der Waals surface area contributed by atoms with Crippen LogP contribution in [-0.2, 0) is 9.84 Å². The third-order valence-electron chi connectivity index (χ3n) is 3.78. The van der Waals surface area contributed by atoms with Crippen LogP contribution in [0.25, 0.3) is 11.0 Å². The lowest BCUT2D eigenvalue weighted by atomic mass is 10.1. The van der Waals surface area contributed by atoms with Gasteiger partial charge in [-0.1, -0.05) is 0 Å². The van der Waals surface area contributed by atoms with Crippen LogP contribution in [0.15, 0.2) is 12.1 Å². The molecule has 0 bridgehead atoms. The van der Waals surface area contributed by atoms with E-state index in [0.29, 0.717) is 31.1 Å². The van der Waals surface area contributed by atoms with Gasteiger partial charge >= 0.3 is 0 Å². The number of benzene rings is 1. The maximum atomic E-state index is 11.6.